The number of carbonyl (C=O) groups excluding carboxylic acids is 1. The number of fused-ring (bicyclic) bond motifs is 3. The molecule has 1 amide bonds. The van der Waals surface area contributed by atoms with E-state index in [4.69, 9.17) is 14.2 Å². The van der Waals surface area contributed by atoms with E-state index in [1.807, 2.05) is 32.9 Å². The maximum absolute atomic E-state index is 12.2. The van der Waals surface area contributed by atoms with Crippen LogP contribution in [0.4, 0.5) is 4.79 Å². The molecule has 0 unspecified atom stereocenters. The van der Waals surface area contributed by atoms with E-state index in [0.717, 1.165) is 29.0 Å². The van der Waals surface area contributed by atoms with Crippen molar-refractivity contribution in [2.45, 2.75) is 39.3 Å². The Morgan fingerprint density at radius 1 is 1.24 bits per heavy atom. The first-order chi connectivity index (χ1) is 9.94. The van der Waals surface area contributed by atoms with Crippen molar-refractivity contribution in [3.8, 4) is 11.5 Å². The molecule has 0 N–H and O–H groups in total. The highest BCUT2D eigenvalue weighted by molar-refractivity contribution is 5.69. The summed E-state index contributed by atoms with van der Waals surface area (Å²) in [5.41, 5.74) is 1.80. The maximum atomic E-state index is 12.2. The first-order valence-electron chi connectivity index (χ1n) is 7.32. The van der Waals surface area contributed by atoms with Gasteiger partial charge in [0.05, 0.1) is 0 Å². The van der Waals surface area contributed by atoms with Crippen LogP contribution in [0.5, 0.6) is 11.5 Å². The van der Waals surface area contributed by atoms with E-state index in [2.05, 4.69) is 0 Å². The van der Waals surface area contributed by atoms with Crippen LogP contribution in [0, 0.1) is 0 Å². The number of rotatable bonds is 0. The summed E-state index contributed by atoms with van der Waals surface area (Å²) in [4.78, 5) is 13.9. The molecular weight excluding hydrogens is 270 g/mol. The summed E-state index contributed by atoms with van der Waals surface area (Å²) < 4.78 is 16.8. The molecular formula is C16H21NO4. The van der Waals surface area contributed by atoms with Crippen LogP contribution in [-0.2, 0) is 17.7 Å². The molecule has 5 heteroatoms. The van der Waals surface area contributed by atoms with Crippen molar-refractivity contribution < 1.29 is 19.0 Å². The van der Waals surface area contributed by atoms with Gasteiger partial charge in [0.15, 0.2) is 11.5 Å². The Labute approximate surface area is 124 Å². The molecule has 1 aromatic carbocycles. The average molecular weight is 291 g/mol. The van der Waals surface area contributed by atoms with Gasteiger partial charge in [-0.2, -0.15) is 0 Å². The highest BCUT2D eigenvalue weighted by Gasteiger charge is 2.29. The number of nitrogens with zero attached hydrogens (tertiary/aromatic N) is 1. The zero-order valence-electron chi connectivity index (χ0n) is 12.8. The van der Waals surface area contributed by atoms with Crippen LogP contribution in [0.1, 0.15) is 31.9 Å². The average Bonchev–Trinajstić information content (AvgIpc) is 2.44. The fourth-order valence-electron chi connectivity index (χ4n) is 2.65. The summed E-state index contributed by atoms with van der Waals surface area (Å²) in [6, 6.07) is 3.94. The number of carbonyl (C=O) groups is 1. The number of hydrogen-bond acceptors (Lipinski definition) is 4. The topological polar surface area (TPSA) is 48.0 Å². The zero-order chi connectivity index (χ0) is 15.0. The Morgan fingerprint density at radius 2 is 2.00 bits per heavy atom. The first-order valence-corrected chi connectivity index (χ1v) is 7.32. The van der Waals surface area contributed by atoms with E-state index in [1.165, 1.54) is 0 Å². The minimum atomic E-state index is -0.468. The summed E-state index contributed by atoms with van der Waals surface area (Å²) in [5.74, 6) is 1.66. The Bertz CT molecular complexity index is 562. The molecule has 0 radical (unpaired) electrons. The van der Waals surface area contributed by atoms with Gasteiger partial charge in [0, 0.05) is 18.7 Å². The summed E-state index contributed by atoms with van der Waals surface area (Å²) >= 11 is 0. The summed E-state index contributed by atoms with van der Waals surface area (Å²) in [6.07, 6.45) is 0.504. The van der Waals surface area contributed by atoms with Crippen LogP contribution in [0.2, 0.25) is 0 Å². The van der Waals surface area contributed by atoms with Crippen LogP contribution in [0.15, 0.2) is 12.1 Å². The second kappa shape index (κ2) is 5.13. The van der Waals surface area contributed by atoms with Crippen LogP contribution in [0.25, 0.3) is 0 Å². The molecule has 5 nitrogen and oxygen atoms in total. The molecule has 3 rings (SSSR count). The first kappa shape index (κ1) is 14.0. The van der Waals surface area contributed by atoms with Gasteiger partial charge in [-0.25, -0.2) is 4.79 Å². The molecule has 1 aromatic rings. The molecule has 0 aliphatic carbocycles. The SMILES string of the molecule is CC(C)(C)OC(=O)N1CCc2c(ccc3c2OCCO3)C1. The number of amides is 1. The van der Waals surface area contributed by atoms with E-state index in [0.29, 0.717) is 26.3 Å². The van der Waals surface area contributed by atoms with Gasteiger partial charge >= 0.3 is 6.09 Å². The predicted octanol–water partition coefficient (Wildman–Crippen LogP) is 2.75. The number of ether oxygens (including phenoxy) is 3. The predicted molar refractivity (Wildman–Crippen MR) is 77.8 cm³/mol. The summed E-state index contributed by atoms with van der Waals surface area (Å²) in [5, 5.41) is 0. The van der Waals surface area contributed by atoms with E-state index in [-0.39, 0.29) is 6.09 Å². The van der Waals surface area contributed by atoms with E-state index in [1.54, 1.807) is 4.90 Å². The van der Waals surface area contributed by atoms with Gasteiger partial charge < -0.3 is 19.1 Å². The third kappa shape index (κ3) is 2.91. The van der Waals surface area contributed by atoms with Crippen LogP contribution < -0.4 is 9.47 Å². The van der Waals surface area contributed by atoms with Crippen LogP contribution >= 0.6 is 0 Å². The Morgan fingerprint density at radius 3 is 2.76 bits per heavy atom. The largest absolute Gasteiger partial charge is 0.486 e. The fraction of sp³-hybridized carbons (Fsp3) is 0.562. The molecule has 0 aromatic heterocycles. The van der Waals surface area contributed by atoms with E-state index in [9.17, 15) is 4.79 Å². The lowest BCUT2D eigenvalue weighted by molar-refractivity contribution is 0.0222. The molecule has 114 valence electrons. The van der Waals surface area contributed by atoms with Crippen molar-refractivity contribution in [1.82, 2.24) is 4.90 Å². The Balaban J connectivity index is 1.79. The molecule has 0 atom stereocenters. The van der Waals surface area contributed by atoms with Crippen molar-refractivity contribution in [3.63, 3.8) is 0 Å². The minimum absolute atomic E-state index is 0.261. The van der Waals surface area contributed by atoms with Crippen molar-refractivity contribution in [1.29, 1.82) is 0 Å². The third-order valence-electron chi connectivity index (χ3n) is 3.55. The van der Waals surface area contributed by atoms with Gasteiger partial charge in [0.25, 0.3) is 0 Å². The molecule has 0 saturated heterocycles. The van der Waals surface area contributed by atoms with Gasteiger partial charge in [0.2, 0.25) is 0 Å². The third-order valence-corrected chi connectivity index (χ3v) is 3.55. The number of hydrogen-bond donors (Lipinski definition) is 0. The summed E-state index contributed by atoms with van der Waals surface area (Å²) in [7, 11) is 0. The normalized spacial score (nSPS) is 17.2. The molecule has 0 bridgehead atoms. The van der Waals surface area contributed by atoms with Gasteiger partial charge in [-0.15, -0.1) is 0 Å². The molecule has 0 saturated carbocycles. The van der Waals surface area contributed by atoms with Gasteiger partial charge in [-0.3, -0.25) is 0 Å². The zero-order valence-corrected chi connectivity index (χ0v) is 12.8. The molecule has 0 spiro atoms. The Kier molecular flexibility index (Phi) is 3.43. The van der Waals surface area contributed by atoms with Crippen molar-refractivity contribution >= 4 is 6.09 Å². The lowest BCUT2D eigenvalue weighted by Gasteiger charge is -2.33. The van der Waals surface area contributed by atoms with E-state index < -0.39 is 5.60 Å². The standard InChI is InChI=1S/C16H21NO4/c1-16(2,3)21-15(18)17-7-6-12-11(10-17)4-5-13-14(12)20-9-8-19-13/h4-5H,6-10H2,1-3H3. The van der Waals surface area contributed by atoms with Gasteiger partial charge in [0.1, 0.15) is 18.8 Å². The lowest BCUT2D eigenvalue weighted by atomic mass is 9.98. The monoisotopic (exact) mass is 291 g/mol. The highest BCUT2D eigenvalue weighted by atomic mass is 16.6. The second-order valence-electron chi connectivity index (χ2n) is 6.38. The quantitative estimate of drug-likeness (QED) is 0.737. The second-order valence-corrected chi connectivity index (χ2v) is 6.38. The molecule has 21 heavy (non-hydrogen) atoms. The Hall–Kier alpha value is -1.91. The van der Waals surface area contributed by atoms with E-state index >= 15 is 0 Å². The van der Waals surface area contributed by atoms with Crippen LogP contribution in [0.3, 0.4) is 0 Å². The van der Waals surface area contributed by atoms with Crippen molar-refractivity contribution in [2.75, 3.05) is 19.8 Å². The maximum Gasteiger partial charge on any atom is 0.410 e. The molecule has 2 aliphatic heterocycles. The van der Waals surface area contributed by atoms with Crippen LogP contribution in [-0.4, -0.2) is 36.4 Å². The molecule has 0 fully saturated rings. The smallest absolute Gasteiger partial charge is 0.410 e. The van der Waals surface area contributed by atoms with Gasteiger partial charge in [-0.05, 0) is 38.8 Å². The highest BCUT2D eigenvalue weighted by Crippen LogP contribution is 2.38. The fourth-order valence-corrected chi connectivity index (χ4v) is 2.65. The van der Waals surface area contributed by atoms with Crippen molar-refractivity contribution in [2.24, 2.45) is 0 Å². The lowest BCUT2D eigenvalue weighted by Crippen LogP contribution is -2.40. The molecule has 2 heterocycles. The van der Waals surface area contributed by atoms with Crippen molar-refractivity contribution in [3.05, 3.63) is 23.3 Å². The summed E-state index contributed by atoms with van der Waals surface area (Å²) in [6.45, 7) is 8.01. The minimum Gasteiger partial charge on any atom is -0.486 e. The number of benzene rings is 1. The molecule has 2 aliphatic rings. The van der Waals surface area contributed by atoms with Gasteiger partial charge in [-0.1, -0.05) is 6.07 Å².